The molecule has 176 valence electrons. The summed E-state index contributed by atoms with van der Waals surface area (Å²) < 4.78 is 23.6. The minimum Gasteiger partial charge on any atom is -0.306 e. The molecule has 0 unspecified atom stereocenters. The molecule has 1 aliphatic rings. The van der Waals surface area contributed by atoms with Gasteiger partial charge in [0, 0.05) is 19.7 Å². The van der Waals surface area contributed by atoms with Gasteiger partial charge in [-0.15, -0.1) is 0 Å². The van der Waals surface area contributed by atoms with Crippen LogP contribution in [-0.4, -0.2) is 39.2 Å². The Bertz CT molecular complexity index is 1370. The van der Waals surface area contributed by atoms with Crippen LogP contribution in [0.5, 0.6) is 0 Å². The molecule has 1 N–H and O–H groups in total. The lowest BCUT2D eigenvalue weighted by molar-refractivity contribution is -0.117. The molecule has 0 spiro atoms. The molecular formula is C25H24ClN3O4S. The maximum atomic E-state index is 13.3. The van der Waals surface area contributed by atoms with Crippen molar-refractivity contribution < 1.29 is 18.0 Å². The number of carbonyl (C=O) groups is 2. The number of rotatable bonds is 3. The Kier molecular flexibility index (Phi) is 6.38. The summed E-state index contributed by atoms with van der Waals surface area (Å²) in [6, 6.07) is 18.4. The topological polar surface area (TPSA) is 86.8 Å². The van der Waals surface area contributed by atoms with E-state index < -0.39 is 9.84 Å². The van der Waals surface area contributed by atoms with Gasteiger partial charge < -0.3 is 10.2 Å². The van der Waals surface area contributed by atoms with Gasteiger partial charge in [-0.3, -0.25) is 9.69 Å². The fraction of sp³-hybridized carbons (Fsp3) is 0.200. The van der Waals surface area contributed by atoms with Crippen LogP contribution in [0.4, 0.5) is 21.9 Å². The van der Waals surface area contributed by atoms with Crippen LogP contribution in [0.2, 0.25) is 5.02 Å². The van der Waals surface area contributed by atoms with Crippen LogP contribution in [0.3, 0.4) is 0 Å². The SMILES string of the molecule is CC(=O)N1c2ccc(-c3ccc(S(C)(=O)=O)cc3)cc2N(C(=O)Nc2ccccc2Cl)C[C@@H]1C. The zero-order valence-corrected chi connectivity index (χ0v) is 20.5. The van der Waals surface area contributed by atoms with E-state index in [-0.39, 0.29) is 22.9 Å². The Morgan fingerprint density at radius 1 is 0.971 bits per heavy atom. The highest BCUT2D eigenvalue weighted by molar-refractivity contribution is 7.90. The van der Waals surface area contributed by atoms with E-state index in [9.17, 15) is 18.0 Å². The standard InChI is InChI=1S/C25H24ClN3O4S/c1-16-15-28(25(31)27-22-7-5-4-6-21(22)26)24-14-19(10-13-23(24)29(16)17(2)30)18-8-11-20(12-9-18)34(3,32)33/h4-14,16H,15H2,1-3H3,(H,27,31)/t16-/m0/s1. The lowest BCUT2D eigenvalue weighted by atomic mass is 10.0. The first-order valence-corrected chi connectivity index (χ1v) is 12.9. The highest BCUT2D eigenvalue weighted by atomic mass is 35.5. The summed E-state index contributed by atoms with van der Waals surface area (Å²) in [4.78, 5) is 29.2. The van der Waals surface area contributed by atoms with Crippen LogP contribution < -0.4 is 15.1 Å². The third-order valence-corrected chi connectivity index (χ3v) is 7.19. The highest BCUT2D eigenvalue weighted by Crippen LogP contribution is 2.39. The number of amides is 3. The fourth-order valence-corrected chi connectivity index (χ4v) is 4.93. The first-order chi connectivity index (χ1) is 16.1. The lowest BCUT2D eigenvalue weighted by Gasteiger charge is -2.41. The minimum atomic E-state index is -3.31. The maximum Gasteiger partial charge on any atom is 0.326 e. The van der Waals surface area contributed by atoms with Gasteiger partial charge in [-0.2, -0.15) is 0 Å². The molecule has 0 radical (unpaired) electrons. The summed E-state index contributed by atoms with van der Waals surface area (Å²) in [7, 11) is -3.31. The smallest absolute Gasteiger partial charge is 0.306 e. The largest absolute Gasteiger partial charge is 0.326 e. The Hall–Kier alpha value is -3.36. The molecule has 7 nitrogen and oxygen atoms in total. The first kappa shape index (κ1) is 23.8. The number of carbonyl (C=O) groups excluding carboxylic acids is 2. The van der Waals surface area contributed by atoms with E-state index in [4.69, 9.17) is 11.6 Å². The molecule has 0 saturated carbocycles. The van der Waals surface area contributed by atoms with Gasteiger partial charge in [0.15, 0.2) is 9.84 Å². The van der Waals surface area contributed by atoms with Gasteiger partial charge in [0.05, 0.1) is 33.0 Å². The van der Waals surface area contributed by atoms with Crippen LogP contribution in [0, 0.1) is 0 Å². The van der Waals surface area contributed by atoms with Crippen LogP contribution in [-0.2, 0) is 14.6 Å². The molecule has 0 aromatic heterocycles. The number of sulfone groups is 1. The molecular weight excluding hydrogens is 474 g/mol. The predicted molar refractivity (Wildman–Crippen MR) is 135 cm³/mol. The normalized spacial score (nSPS) is 15.6. The van der Waals surface area contributed by atoms with E-state index in [1.165, 1.54) is 6.92 Å². The summed E-state index contributed by atoms with van der Waals surface area (Å²) in [5.74, 6) is -0.120. The van der Waals surface area contributed by atoms with Crippen molar-refractivity contribution in [1.82, 2.24) is 0 Å². The molecule has 1 heterocycles. The number of urea groups is 1. The third kappa shape index (κ3) is 4.64. The fourth-order valence-electron chi connectivity index (χ4n) is 4.12. The molecule has 34 heavy (non-hydrogen) atoms. The van der Waals surface area contributed by atoms with E-state index in [0.29, 0.717) is 28.6 Å². The van der Waals surface area contributed by atoms with Gasteiger partial charge in [-0.05, 0) is 54.4 Å². The third-order valence-electron chi connectivity index (χ3n) is 5.73. The van der Waals surface area contributed by atoms with Crippen molar-refractivity contribution in [1.29, 1.82) is 0 Å². The molecule has 9 heteroatoms. The summed E-state index contributed by atoms with van der Waals surface area (Å²) in [6.45, 7) is 3.68. The number of benzene rings is 3. The second-order valence-electron chi connectivity index (χ2n) is 8.26. The molecule has 4 rings (SSSR count). The van der Waals surface area contributed by atoms with Crippen molar-refractivity contribution in [2.24, 2.45) is 0 Å². The minimum absolute atomic E-state index is 0.120. The number of nitrogens with zero attached hydrogens (tertiary/aromatic N) is 2. The van der Waals surface area contributed by atoms with Crippen molar-refractivity contribution in [3.63, 3.8) is 0 Å². The van der Waals surface area contributed by atoms with Gasteiger partial charge in [0.2, 0.25) is 5.91 Å². The lowest BCUT2D eigenvalue weighted by Crippen LogP contribution is -2.52. The quantitative estimate of drug-likeness (QED) is 0.538. The highest BCUT2D eigenvalue weighted by Gasteiger charge is 2.34. The summed E-state index contributed by atoms with van der Waals surface area (Å²) in [5, 5.41) is 3.28. The monoisotopic (exact) mass is 497 g/mol. The summed E-state index contributed by atoms with van der Waals surface area (Å²) in [5.41, 5.74) is 3.26. The molecule has 3 amide bonds. The van der Waals surface area contributed by atoms with Crippen molar-refractivity contribution in [2.45, 2.75) is 24.8 Å². The van der Waals surface area contributed by atoms with Crippen molar-refractivity contribution in [3.8, 4) is 11.1 Å². The number of para-hydroxylation sites is 1. The van der Waals surface area contributed by atoms with Crippen LogP contribution in [0.15, 0.2) is 71.6 Å². The van der Waals surface area contributed by atoms with E-state index in [0.717, 1.165) is 17.4 Å². The Morgan fingerprint density at radius 3 is 2.24 bits per heavy atom. The van der Waals surface area contributed by atoms with Gasteiger partial charge in [-0.1, -0.05) is 41.9 Å². The van der Waals surface area contributed by atoms with E-state index >= 15 is 0 Å². The van der Waals surface area contributed by atoms with Gasteiger partial charge in [0.1, 0.15) is 0 Å². The van der Waals surface area contributed by atoms with Crippen molar-refractivity contribution >= 4 is 50.4 Å². The van der Waals surface area contributed by atoms with E-state index in [1.807, 2.05) is 25.1 Å². The van der Waals surface area contributed by atoms with Crippen molar-refractivity contribution in [3.05, 3.63) is 71.8 Å². The second kappa shape index (κ2) is 9.12. The van der Waals surface area contributed by atoms with Crippen LogP contribution >= 0.6 is 11.6 Å². The van der Waals surface area contributed by atoms with Gasteiger partial charge in [0.25, 0.3) is 0 Å². The summed E-state index contributed by atoms with van der Waals surface area (Å²) >= 11 is 6.22. The number of hydrogen-bond acceptors (Lipinski definition) is 4. The second-order valence-corrected chi connectivity index (χ2v) is 10.7. The molecule has 3 aromatic carbocycles. The predicted octanol–water partition coefficient (Wildman–Crippen LogP) is 5.20. The Labute approximate surface area is 203 Å². The van der Waals surface area contributed by atoms with Gasteiger partial charge in [-0.25, -0.2) is 13.2 Å². The average Bonchev–Trinajstić information content (AvgIpc) is 2.79. The Morgan fingerprint density at radius 2 is 1.62 bits per heavy atom. The number of fused-ring (bicyclic) bond motifs is 1. The number of halogens is 1. The molecule has 0 fully saturated rings. The maximum absolute atomic E-state index is 13.3. The average molecular weight is 498 g/mol. The van der Waals surface area contributed by atoms with Crippen LogP contribution in [0.25, 0.3) is 11.1 Å². The van der Waals surface area contributed by atoms with Crippen molar-refractivity contribution in [2.75, 3.05) is 27.9 Å². The molecule has 1 atom stereocenters. The first-order valence-electron chi connectivity index (χ1n) is 10.6. The zero-order valence-electron chi connectivity index (χ0n) is 18.9. The molecule has 0 bridgehead atoms. The van der Waals surface area contributed by atoms with Gasteiger partial charge >= 0.3 is 6.03 Å². The zero-order chi connectivity index (χ0) is 24.6. The van der Waals surface area contributed by atoms with Crippen LogP contribution in [0.1, 0.15) is 13.8 Å². The molecule has 0 aliphatic carbocycles. The molecule has 3 aromatic rings. The van der Waals surface area contributed by atoms with E-state index in [1.54, 1.807) is 58.3 Å². The molecule has 1 aliphatic heterocycles. The summed E-state index contributed by atoms with van der Waals surface area (Å²) in [6.07, 6.45) is 1.16. The number of nitrogens with one attached hydrogen (secondary N) is 1. The molecule has 0 saturated heterocycles. The van der Waals surface area contributed by atoms with E-state index in [2.05, 4.69) is 5.32 Å². The number of hydrogen-bond donors (Lipinski definition) is 1. The Balaban J connectivity index is 1.76. The number of anilines is 3.